The number of nitrogens with one attached hydrogen (secondary N) is 1. The number of hydrogen-bond donors (Lipinski definition) is 2. The summed E-state index contributed by atoms with van der Waals surface area (Å²) in [5.74, 6) is 0.629. The largest absolute Gasteiger partial charge is 0.478 e. The van der Waals surface area contributed by atoms with Crippen LogP contribution < -0.4 is 15.8 Å². The molecule has 0 aliphatic carbocycles. The third-order valence-corrected chi connectivity index (χ3v) is 2.72. The molecule has 4 nitrogen and oxygen atoms in total. The van der Waals surface area contributed by atoms with Gasteiger partial charge in [-0.3, -0.25) is 4.79 Å². The molecule has 0 bridgehead atoms. The zero-order valence-corrected chi connectivity index (χ0v) is 9.49. The van der Waals surface area contributed by atoms with Gasteiger partial charge in [-0.25, -0.2) is 0 Å². The summed E-state index contributed by atoms with van der Waals surface area (Å²) in [4.78, 5) is 11.5. The maximum Gasteiger partial charge on any atom is 0.265 e. The Kier molecular flexibility index (Phi) is 2.83. The van der Waals surface area contributed by atoms with Crippen LogP contribution in [0.25, 0.3) is 0 Å². The number of ether oxygens (including phenoxy) is 1. The number of carbonyl (C=O) groups excluding carboxylic acids is 1. The van der Waals surface area contributed by atoms with Gasteiger partial charge in [0.05, 0.1) is 5.69 Å². The molecule has 2 unspecified atom stereocenters. The highest BCUT2D eigenvalue weighted by molar-refractivity contribution is 5.97. The Morgan fingerprint density at radius 3 is 2.94 bits per heavy atom. The highest BCUT2D eigenvalue weighted by Crippen LogP contribution is 2.32. The van der Waals surface area contributed by atoms with Crippen molar-refractivity contribution < 1.29 is 9.53 Å². The molecular formula is C12H16N2O2. The van der Waals surface area contributed by atoms with Crippen LogP contribution in [-0.2, 0) is 4.79 Å². The van der Waals surface area contributed by atoms with Crippen molar-refractivity contribution >= 4 is 11.6 Å². The van der Waals surface area contributed by atoms with Gasteiger partial charge in [-0.15, -0.1) is 0 Å². The van der Waals surface area contributed by atoms with Crippen molar-refractivity contribution in [2.75, 3.05) is 5.32 Å². The van der Waals surface area contributed by atoms with E-state index in [1.165, 1.54) is 0 Å². The van der Waals surface area contributed by atoms with Crippen molar-refractivity contribution in [2.45, 2.75) is 32.4 Å². The quantitative estimate of drug-likeness (QED) is 0.799. The number of nitrogens with two attached hydrogens (primary N) is 1. The zero-order valence-electron chi connectivity index (χ0n) is 9.49. The van der Waals surface area contributed by atoms with Gasteiger partial charge in [-0.2, -0.15) is 0 Å². The molecule has 86 valence electrons. The van der Waals surface area contributed by atoms with Crippen LogP contribution in [0.15, 0.2) is 18.2 Å². The highest BCUT2D eigenvalue weighted by atomic mass is 16.5. The first kappa shape index (κ1) is 11.0. The van der Waals surface area contributed by atoms with Crippen molar-refractivity contribution in [2.24, 2.45) is 5.73 Å². The van der Waals surface area contributed by atoms with Crippen LogP contribution in [0.2, 0.25) is 0 Å². The summed E-state index contributed by atoms with van der Waals surface area (Å²) in [5.41, 5.74) is 7.52. The summed E-state index contributed by atoms with van der Waals surface area (Å²) < 4.78 is 5.62. The number of anilines is 1. The Bertz CT molecular complexity index is 415. The van der Waals surface area contributed by atoms with Gasteiger partial charge in [-0.05, 0) is 31.0 Å². The van der Waals surface area contributed by atoms with E-state index >= 15 is 0 Å². The summed E-state index contributed by atoms with van der Waals surface area (Å²) in [5, 5.41) is 2.82. The third kappa shape index (κ3) is 1.88. The first-order valence-electron chi connectivity index (χ1n) is 5.49. The van der Waals surface area contributed by atoms with Crippen molar-refractivity contribution in [3.05, 3.63) is 23.8 Å². The third-order valence-electron chi connectivity index (χ3n) is 2.72. The minimum Gasteiger partial charge on any atom is -0.478 e. The molecule has 0 saturated carbocycles. The van der Waals surface area contributed by atoms with E-state index in [0.29, 0.717) is 12.2 Å². The molecule has 0 saturated heterocycles. The molecule has 1 aromatic rings. The molecular weight excluding hydrogens is 204 g/mol. The van der Waals surface area contributed by atoms with Gasteiger partial charge in [0.15, 0.2) is 6.10 Å². The lowest BCUT2D eigenvalue weighted by atomic mass is 10.1. The molecule has 0 spiro atoms. The molecule has 3 N–H and O–H groups in total. The number of carbonyl (C=O) groups is 1. The van der Waals surface area contributed by atoms with Gasteiger partial charge in [0, 0.05) is 6.04 Å². The maximum atomic E-state index is 11.5. The molecule has 0 fully saturated rings. The lowest BCUT2D eigenvalue weighted by Crippen LogP contribution is -2.36. The van der Waals surface area contributed by atoms with E-state index in [1.807, 2.05) is 32.0 Å². The van der Waals surface area contributed by atoms with Gasteiger partial charge in [0.1, 0.15) is 5.75 Å². The Balaban J connectivity index is 2.33. The van der Waals surface area contributed by atoms with Crippen LogP contribution in [0, 0.1) is 0 Å². The Hall–Kier alpha value is -1.55. The molecule has 2 atom stereocenters. The molecule has 0 aromatic heterocycles. The summed E-state index contributed by atoms with van der Waals surface area (Å²) in [6.07, 6.45) is 0.268. The molecule has 4 heteroatoms. The van der Waals surface area contributed by atoms with Crippen LogP contribution in [-0.4, -0.2) is 12.0 Å². The van der Waals surface area contributed by atoms with Crippen LogP contribution in [0.1, 0.15) is 31.9 Å². The number of amides is 1. The van der Waals surface area contributed by atoms with Crippen LogP contribution in [0.4, 0.5) is 5.69 Å². The molecule has 1 heterocycles. The number of benzene rings is 1. The van der Waals surface area contributed by atoms with E-state index in [1.54, 1.807) is 0 Å². The van der Waals surface area contributed by atoms with Crippen LogP contribution >= 0.6 is 0 Å². The average molecular weight is 220 g/mol. The van der Waals surface area contributed by atoms with Gasteiger partial charge < -0.3 is 15.8 Å². The SMILES string of the molecule is CCC1Oc2cc(C(C)N)ccc2NC1=O. The molecule has 16 heavy (non-hydrogen) atoms. The average Bonchev–Trinajstić information content (AvgIpc) is 2.27. The Morgan fingerprint density at radius 2 is 2.31 bits per heavy atom. The second kappa shape index (κ2) is 4.14. The van der Waals surface area contributed by atoms with Gasteiger partial charge >= 0.3 is 0 Å². The molecule has 2 rings (SSSR count). The van der Waals surface area contributed by atoms with E-state index in [-0.39, 0.29) is 11.9 Å². The Morgan fingerprint density at radius 1 is 1.56 bits per heavy atom. The van der Waals surface area contributed by atoms with E-state index < -0.39 is 6.10 Å². The molecule has 1 aliphatic rings. The number of hydrogen-bond acceptors (Lipinski definition) is 3. The smallest absolute Gasteiger partial charge is 0.265 e. The maximum absolute atomic E-state index is 11.5. The topological polar surface area (TPSA) is 64.3 Å². The first-order valence-corrected chi connectivity index (χ1v) is 5.49. The second-order valence-corrected chi connectivity index (χ2v) is 4.05. The standard InChI is InChI=1S/C12H16N2O2/c1-3-10-12(15)14-9-5-4-8(7(2)13)6-11(9)16-10/h4-7,10H,3,13H2,1-2H3,(H,14,15). The second-order valence-electron chi connectivity index (χ2n) is 4.05. The summed E-state index contributed by atoms with van der Waals surface area (Å²) in [7, 11) is 0. The van der Waals surface area contributed by atoms with Gasteiger partial charge in [0.2, 0.25) is 0 Å². The van der Waals surface area contributed by atoms with Gasteiger partial charge in [-0.1, -0.05) is 13.0 Å². The minimum atomic E-state index is -0.393. The fraction of sp³-hybridized carbons (Fsp3) is 0.417. The normalized spacial score (nSPS) is 20.7. The van der Waals surface area contributed by atoms with Crippen molar-refractivity contribution in [3.8, 4) is 5.75 Å². The summed E-state index contributed by atoms with van der Waals surface area (Å²) in [6.45, 7) is 3.84. The number of fused-ring (bicyclic) bond motifs is 1. The fourth-order valence-corrected chi connectivity index (χ4v) is 1.71. The highest BCUT2D eigenvalue weighted by Gasteiger charge is 2.26. The summed E-state index contributed by atoms with van der Waals surface area (Å²) >= 11 is 0. The predicted octanol–water partition coefficient (Wildman–Crippen LogP) is 1.82. The first-order chi connectivity index (χ1) is 7.61. The lowest BCUT2D eigenvalue weighted by molar-refractivity contribution is -0.123. The van der Waals surface area contributed by atoms with Crippen molar-refractivity contribution in [1.29, 1.82) is 0 Å². The molecule has 1 aromatic carbocycles. The van der Waals surface area contributed by atoms with E-state index in [9.17, 15) is 4.79 Å². The Labute approximate surface area is 94.8 Å². The zero-order chi connectivity index (χ0) is 11.7. The van der Waals surface area contributed by atoms with Crippen molar-refractivity contribution in [1.82, 2.24) is 0 Å². The monoisotopic (exact) mass is 220 g/mol. The minimum absolute atomic E-state index is 0.0356. The van der Waals surface area contributed by atoms with Crippen LogP contribution in [0.3, 0.4) is 0 Å². The van der Waals surface area contributed by atoms with Crippen LogP contribution in [0.5, 0.6) is 5.75 Å². The number of rotatable bonds is 2. The molecule has 1 aliphatic heterocycles. The lowest BCUT2D eigenvalue weighted by Gasteiger charge is -2.25. The fourth-order valence-electron chi connectivity index (χ4n) is 1.71. The van der Waals surface area contributed by atoms with Gasteiger partial charge in [0.25, 0.3) is 5.91 Å². The molecule has 1 amide bonds. The summed E-state index contributed by atoms with van der Waals surface area (Å²) in [6, 6.07) is 5.59. The van der Waals surface area contributed by atoms with E-state index in [2.05, 4.69) is 5.32 Å². The van der Waals surface area contributed by atoms with E-state index in [0.717, 1.165) is 11.3 Å². The van der Waals surface area contributed by atoms with E-state index in [4.69, 9.17) is 10.5 Å². The predicted molar refractivity (Wildman–Crippen MR) is 62.4 cm³/mol. The molecule has 0 radical (unpaired) electrons. The van der Waals surface area contributed by atoms with Crippen molar-refractivity contribution in [3.63, 3.8) is 0 Å².